The van der Waals surface area contributed by atoms with Crippen molar-refractivity contribution in [3.05, 3.63) is 52.0 Å². The Morgan fingerprint density at radius 3 is 2.20 bits per heavy atom. The Kier molecular flexibility index (Phi) is 4.01. The summed E-state index contributed by atoms with van der Waals surface area (Å²) in [4.78, 5) is 0. The lowest BCUT2D eigenvalue weighted by atomic mass is 10.1. The predicted molar refractivity (Wildman–Crippen MR) is 75.6 cm³/mol. The van der Waals surface area contributed by atoms with Crippen molar-refractivity contribution in [3.8, 4) is 0 Å². The molecule has 0 aliphatic rings. The van der Waals surface area contributed by atoms with Gasteiger partial charge in [-0.2, -0.15) is 13.2 Å². The Balaban J connectivity index is 2.43. The number of rotatable bonds is 2. The molecule has 2 aromatic rings. The summed E-state index contributed by atoms with van der Waals surface area (Å²) >= 11 is 11.7. The zero-order valence-corrected chi connectivity index (χ0v) is 11.4. The van der Waals surface area contributed by atoms with Crippen LogP contribution >= 0.6 is 23.2 Å². The Morgan fingerprint density at radius 1 is 0.950 bits per heavy atom. The van der Waals surface area contributed by atoms with Gasteiger partial charge in [-0.1, -0.05) is 23.2 Å². The summed E-state index contributed by atoms with van der Waals surface area (Å²) in [6.07, 6.45) is -4.52. The van der Waals surface area contributed by atoms with Gasteiger partial charge >= 0.3 is 6.18 Å². The molecule has 20 heavy (non-hydrogen) atoms. The van der Waals surface area contributed by atoms with E-state index in [9.17, 15) is 13.2 Å². The van der Waals surface area contributed by atoms with E-state index in [1.807, 2.05) is 0 Å². The van der Waals surface area contributed by atoms with E-state index in [4.69, 9.17) is 28.9 Å². The van der Waals surface area contributed by atoms with Crippen molar-refractivity contribution in [2.75, 3.05) is 11.1 Å². The van der Waals surface area contributed by atoms with Crippen LogP contribution in [0.15, 0.2) is 36.4 Å². The van der Waals surface area contributed by atoms with E-state index in [-0.39, 0.29) is 16.4 Å². The molecular formula is C13H9Cl2F3N2. The van der Waals surface area contributed by atoms with Crippen molar-refractivity contribution >= 4 is 40.3 Å². The third-order valence-corrected chi connectivity index (χ3v) is 3.10. The molecule has 0 aliphatic carbocycles. The van der Waals surface area contributed by atoms with E-state index in [1.165, 1.54) is 30.3 Å². The predicted octanol–water partition coefficient (Wildman–Crippen LogP) is 5.34. The first-order chi connectivity index (χ1) is 9.27. The number of benzene rings is 2. The molecule has 0 spiro atoms. The van der Waals surface area contributed by atoms with E-state index in [2.05, 4.69) is 5.32 Å². The lowest BCUT2D eigenvalue weighted by Gasteiger charge is -2.16. The van der Waals surface area contributed by atoms with Crippen molar-refractivity contribution in [1.29, 1.82) is 0 Å². The van der Waals surface area contributed by atoms with Crippen LogP contribution < -0.4 is 11.1 Å². The highest BCUT2D eigenvalue weighted by Gasteiger charge is 2.33. The van der Waals surface area contributed by atoms with Crippen LogP contribution in [0, 0.1) is 0 Å². The fourth-order valence-electron chi connectivity index (χ4n) is 1.64. The Morgan fingerprint density at radius 2 is 1.60 bits per heavy atom. The van der Waals surface area contributed by atoms with Crippen LogP contribution in [0.25, 0.3) is 0 Å². The molecule has 0 atom stereocenters. The van der Waals surface area contributed by atoms with Gasteiger partial charge in [-0.3, -0.25) is 0 Å². The molecule has 106 valence electrons. The van der Waals surface area contributed by atoms with E-state index in [1.54, 1.807) is 0 Å². The molecule has 0 aliphatic heterocycles. The number of hydrogen-bond donors (Lipinski definition) is 2. The van der Waals surface area contributed by atoms with Crippen LogP contribution in [0.3, 0.4) is 0 Å². The van der Waals surface area contributed by atoms with E-state index >= 15 is 0 Å². The first-order valence-electron chi connectivity index (χ1n) is 5.46. The molecule has 0 amide bonds. The lowest BCUT2D eigenvalue weighted by Crippen LogP contribution is -2.09. The largest absolute Gasteiger partial charge is 0.418 e. The van der Waals surface area contributed by atoms with Gasteiger partial charge in [-0.15, -0.1) is 0 Å². The highest BCUT2D eigenvalue weighted by molar-refractivity contribution is 6.36. The van der Waals surface area contributed by atoms with Gasteiger partial charge in [0, 0.05) is 10.7 Å². The summed E-state index contributed by atoms with van der Waals surface area (Å²) in [6.45, 7) is 0. The first kappa shape index (κ1) is 14.8. The zero-order chi connectivity index (χ0) is 14.9. The summed E-state index contributed by atoms with van der Waals surface area (Å²) in [6, 6.07) is 7.97. The number of halogens is 5. The van der Waals surface area contributed by atoms with Gasteiger partial charge in [-0.05, 0) is 36.4 Å². The van der Waals surface area contributed by atoms with Crippen LogP contribution in [-0.2, 0) is 6.18 Å². The number of alkyl halides is 3. The van der Waals surface area contributed by atoms with E-state index < -0.39 is 11.7 Å². The molecule has 0 saturated heterocycles. The maximum atomic E-state index is 12.9. The summed E-state index contributed by atoms with van der Waals surface area (Å²) in [5.41, 5.74) is 4.77. The van der Waals surface area contributed by atoms with Crippen molar-refractivity contribution in [3.63, 3.8) is 0 Å². The number of nitrogens with two attached hydrogens (primary N) is 1. The third kappa shape index (κ3) is 3.29. The zero-order valence-electron chi connectivity index (χ0n) is 9.93. The lowest BCUT2D eigenvalue weighted by molar-refractivity contribution is -0.136. The standard InChI is InChI=1S/C13H9Cl2F3N2/c14-7-1-3-12(10(15)5-7)20-11-4-2-8(19)6-9(11)13(16,17)18/h1-6,20H,19H2. The SMILES string of the molecule is Nc1ccc(Nc2ccc(Cl)cc2Cl)c(C(F)(F)F)c1. The Hall–Kier alpha value is -1.59. The molecule has 2 rings (SSSR count). The number of anilines is 3. The minimum absolute atomic E-state index is 0.0325. The topological polar surface area (TPSA) is 38.0 Å². The summed E-state index contributed by atoms with van der Waals surface area (Å²) in [5.74, 6) is 0. The highest BCUT2D eigenvalue weighted by atomic mass is 35.5. The normalized spacial score (nSPS) is 11.4. The van der Waals surface area contributed by atoms with Gasteiger partial charge in [0.1, 0.15) is 0 Å². The minimum Gasteiger partial charge on any atom is -0.399 e. The molecule has 0 saturated carbocycles. The quantitative estimate of drug-likeness (QED) is 0.733. The molecule has 3 N–H and O–H groups in total. The molecule has 0 heterocycles. The van der Waals surface area contributed by atoms with Gasteiger partial charge in [0.05, 0.1) is 22.0 Å². The van der Waals surface area contributed by atoms with Crippen molar-refractivity contribution in [1.82, 2.24) is 0 Å². The van der Waals surface area contributed by atoms with Gasteiger partial charge in [-0.25, -0.2) is 0 Å². The summed E-state index contributed by atoms with van der Waals surface area (Å²) in [7, 11) is 0. The number of nitrogens with one attached hydrogen (secondary N) is 1. The molecular weight excluding hydrogens is 312 g/mol. The summed E-state index contributed by atoms with van der Waals surface area (Å²) in [5, 5.41) is 3.26. The van der Waals surface area contributed by atoms with Gasteiger partial charge in [0.2, 0.25) is 0 Å². The molecule has 2 nitrogen and oxygen atoms in total. The van der Waals surface area contributed by atoms with Crippen LogP contribution in [0.1, 0.15) is 5.56 Å². The van der Waals surface area contributed by atoms with Crippen molar-refractivity contribution in [2.24, 2.45) is 0 Å². The first-order valence-corrected chi connectivity index (χ1v) is 6.22. The highest BCUT2D eigenvalue weighted by Crippen LogP contribution is 2.38. The molecule has 0 aromatic heterocycles. The van der Waals surface area contributed by atoms with Gasteiger partial charge < -0.3 is 11.1 Å². The van der Waals surface area contributed by atoms with Crippen LogP contribution in [0.4, 0.5) is 30.2 Å². The van der Waals surface area contributed by atoms with Gasteiger partial charge in [0.15, 0.2) is 0 Å². The Bertz CT molecular complexity index is 642. The number of nitrogen functional groups attached to an aromatic ring is 1. The third-order valence-electron chi connectivity index (χ3n) is 2.55. The average molecular weight is 321 g/mol. The number of hydrogen-bond acceptors (Lipinski definition) is 2. The monoisotopic (exact) mass is 320 g/mol. The van der Waals surface area contributed by atoms with E-state index in [0.29, 0.717) is 10.7 Å². The van der Waals surface area contributed by atoms with Crippen molar-refractivity contribution < 1.29 is 13.2 Å². The van der Waals surface area contributed by atoms with Crippen LogP contribution in [0.5, 0.6) is 0 Å². The molecule has 0 radical (unpaired) electrons. The fourth-order valence-corrected chi connectivity index (χ4v) is 2.10. The molecule has 7 heteroatoms. The second kappa shape index (κ2) is 5.42. The van der Waals surface area contributed by atoms with Crippen molar-refractivity contribution in [2.45, 2.75) is 6.18 Å². The van der Waals surface area contributed by atoms with Crippen LogP contribution in [-0.4, -0.2) is 0 Å². The second-order valence-corrected chi connectivity index (χ2v) is 4.90. The second-order valence-electron chi connectivity index (χ2n) is 4.05. The maximum absolute atomic E-state index is 12.9. The minimum atomic E-state index is -4.52. The smallest absolute Gasteiger partial charge is 0.399 e. The van der Waals surface area contributed by atoms with Gasteiger partial charge in [0.25, 0.3) is 0 Å². The fraction of sp³-hybridized carbons (Fsp3) is 0.0769. The van der Waals surface area contributed by atoms with Crippen LogP contribution in [0.2, 0.25) is 10.0 Å². The molecule has 0 fully saturated rings. The molecule has 2 aromatic carbocycles. The Labute approximate surface area is 123 Å². The molecule has 0 unspecified atom stereocenters. The molecule has 0 bridgehead atoms. The summed E-state index contributed by atoms with van der Waals surface area (Å²) < 4.78 is 38.8. The maximum Gasteiger partial charge on any atom is 0.418 e. The average Bonchev–Trinajstić information content (AvgIpc) is 2.33. The van der Waals surface area contributed by atoms with E-state index in [0.717, 1.165) is 6.07 Å².